The molecule has 3 aliphatic heterocycles. The summed E-state index contributed by atoms with van der Waals surface area (Å²) >= 11 is 0. The molecule has 4 fully saturated rings. The number of nitrogens with two attached hydrogens (primary N) is 1. The number of carbonyl (C=O) groups excluding carboxylic acids is 2. The Bertz CT molecular complexity index is 1780. The van der Waals surface area contributed by atoms with Crippen LogP contribution in [0.3, 0.4) is 0 Å². The Morgan fingerprint density at radius 3 is 2.43 bits per heavy atom. The Kier molecular flexibility index (Phi) is 13.6. The number of imidazole rings is 1. The molecule has 15 atom stereocenters. The molecule has 24 nitrogen and oxygen atoms in total. The van der Waals surface area contributed by atoms with Crippen molar-refractivity contribution in [2.75, 3.05) is 25.5 Å². The fourth-order valence-electron chi connectivity index (χ4n) is 7.17. The number of phosphoric ester groups is 2. The van der Waals surface area contributed by atoms with Crippen LogP contribution in [-0.2, 0) is 32.0 Å². The maximum Gasteiger partial charge on any atom is 0.481 e. The SMILES string of the molecule is CC1CC2NC3C(=O)NC(=O)NC3N(C[C@H](O)[C@H](O)[C@H](O)COP(=O)(O)OP(=O)(O)OC[C@H]3O[C@@H](n4cnc5c(N)ncnc54)[C@H](O)[C@@H]3O)C2CC1C.[Na]. The van der Waals surface area contributed by atoms with Crippen molar-refractivity contribution in [2.24, 2.45) is 11.8 Å². The molecule has 3 amide bonds. The number of nitrogen functional groups attached to an aromatic ring is 1. The number of nitrogens with zero attached hydrogens (tertiary/aromatic N) is 5. The monoisotopic (exact) mass is 818 g/mol. The van der Waals surface area contributed by atoms with E-state index >= 15 is 0 Å². The smallest absolute Gasteiger partial charge is 0.389 e. The molecule has 3 saturated heterocycles. The summed E-state index contributed by atoms with van der Waals surface area (Å²) in [6.07, 6.45) is -9.10. The normalized spacial score (nSPS) is 35.4. The van der Waals surface area contributed by atoms with Crippen LogP contribution in [0.4, 0.5) is 10.6 Å². The Morgan fingerprint density at radius 1 is 1.02 bits per heavy atom. The van der Waals surface area contributed by atoms with Gasteiger partial charge in [0.15, 0.2) is 17.7 Å². The van der Waals surface area contributed by atoms with E-state index in [0.29, 0.717) is 18.8 Å². The zero-order valence-electron chi connectivity index (χ0n) is 29.3. The number of fused-ring (bicyclic) bond motifs is 3. The molecule has 297 valence electrons. The number of β-amino-alcohol motifs (C(OH)–C–C–N with tert-alkyl or cyclic N) is 1. The number of anilines is 1. The Hall–Kier alpha value is -1.77. The summed E-state index contributed by atoms with van der Waals surface area (Å²) < 4.78 is 45.5. The maximum absolute atomic E-state index is 12.7. The van der Waals surface area contributed by atoms with E-state index in [4.69, 9.17) is 15.0 Å². The molecule has 0 bridgehead atoms. The first-order chi connectivity index (χ1) is 24.9. The van der Waals surface area contributed by atoms with Gasteiger partial charge in [-0.15, -0.1) is 0 Å². The van der Waals surface area contributed by atoms with E-state index in [9.17, 15) is 54.0 Å². The quantitative estimate of drug-likeness (QED) is 0.0682. The molecule has 1 saturated carbocycles. The van der Waals surface area contributed by atoms with Crippen molar-refractivity contribution >= 4 is 74.1 Å². The second-order valence-electron chi connectivity index (χ2n) is 13.7. The number of aliphatic hydroxyl groups is 5. The number of piperazine rings is 1. The number of hydrogen-bond donors (Lipinski definition) is 11. The van der Waals surface area contributed by atoms with Crippen molar-refractivity contribution in [1.82, 2.24) is 40.4 Å². The third-order valence-electron chi connectivity index (χ3n) is 10.2. The van der Waals surface area contributed by atoms with E-state index in [2.05, 4.69) is 53.6 Å². The third-order valence-corrected chi connectivity index (χ3v) is 12.8. The van der Waals surface area contributed by atoms with Gasteiger partial charge in [-0.1, -0.05) is 13.8 Å². The molecule has 0 aromatic carbocycles. The molecule has 27 heteroatoms. The average molecular weight is 819 g/mol. The van der Waals surface area contributed by atoms with E-state index in [-0.39, 0.29) is 71.1 Å². The van der Waals surface area contributed by atoms with Gasteiger partial charge in [0.2, 0.25) is 5.91 Å². The van der Waals surface area contributed by atoms with E-state index in [1.54, 1.807) is 4.90 Å². The van der Waals surface area contributed by atoms with Crippen molar-refractivity contribution in [2.45, 2.75) is 93.8 Å². The van der Waals surface area contributed by atoms with Crippen LogP contribution < -0.4 is 21.7 Å². The molecule has 4 aliphatic rings. The summed E-state index contributed by atoms with van der Waals surface area (Å²) in [6, 6.07) is -2.10. The molecule has 0 spiro atoms. The summed E-state index contributed by atoms with van der Waals surface area (Å²) in [4.78, 5) is 58.6. The fourth-order valence-corrected chi connectivity index (χ4v) is 9.27. The van der Waals surface area contributed by atoms with Crippen molar-refractivity contribution in [1.29, 1.82) is 0 Å². The summed E-state index contributed by atoms with van der Waals surface area (Å²) in [6.45, 7) is 1.68. The van der Waals surface area contributed by atoms with Gasteiger partial charge in [0.1, 0.15) is 54.6 Å². The third kappa shape index (κ3) is 9.17. The van der Waals surface area contributed by atoms with Gasteiger partial charge in [0.25, 0.3) is 0 Å². The molecular formula is C27H43N9NaO15P2. The molecule has 6 rings (SSSR count). The number of aliphatic hydroxyl groups excluding tert-OH is 5. The van der Waals surface area contributed by atoms with Crippen molar-refractivity contribution in [3.8, 4) is 0 Å². The maximum atomic E-state index is 12.7. The molecule has 8 unspecified atom stereocenters. The van der Waals surface area contributed by atoms with Crippen LogP contribution in [0.1, 0.15) is 32.9 Å². The number of urea groups is 1. The minimum Gasteiger partial charge on any atom is -0.389 e. The molecule has 2 aromatic rings. The molecule has 2 aromatic heterocycles. The first-order valence-electron chi connectivity index (χ1n) is 16.6. The minimum absolute atomic E-state index is 0. The predicted octanol–water partition coefficient (Wildman–Crippen LogP) is -3.78. The van der Waals surface area contributed by atoms with Crippen molar-refractivity contribution in [3.05, 3.63) is 12.7 Å². The van der Waals surface area contributed by atoms with Crippen molar-refractivity contribution in [3.63, 3.8) is 0 Å². The molecular weight excluding hydrogens is 775 g/mol. The zero-order chi connectivity index (χ0) is 38.6. The Morgan fingerprint density at radius 2 is 1.70 bits per heavy atom. The average Bonchev–Trinajstić information content (AvgIpc) is 3.63. The van der Waals surface area contributed by atoms with Crippen LogP contribution in [0.15, 0.2) is 12.7 Å². The Balaban J connectivity index is 0.00000561. The molecule has 1 radical (unpaired) electrons. The van der Waals surface area contributed by atoms with E-state index in [1.165, 1.54) is 10.9 Å². The number of nitrogens with one attached hydrogen (secondary N) is 3. The Labute approximate surface area is 329 Å². The first kappa shape index (κ1) is 43.4. The van der Waals surface area contributed by atoms with Gasteiger partial charge in [-0.2, -0.15) is 4.31 Å². The van der Waals surface area contributed by atoms with Crippen LogP contribution in [0.2, 0.25) is 0 Å². The molecule has 5 heterocycles. The minimum atomic E-state index is -5.50. The molecule has 1 aliphatic carbocycles. The fraction of sp³-hybridized carbons (Fsp3) is 0.741. The number of carbonyl (C=O) groups is 2. The van der Waals surface area contributed by atoms with Crippen LogP contribution in [-0.4, -0.2) is 182 Å². The van der Waals surface area contributed by atoms with Gasteiger partial charge in [-0.3, -0.25) is 33.9 Å². The van der Waals surface area contributed by atoms with Gasteiger partial charge in [-0.25, -0.2) is 28.9 Å². The zero-order valence-corrected chi connectivity index (χ0v) is 33.1. The number of rotatable bonds is 13. The molecule has 54 heavy (non-hydrogen) atoms. The summed E-state index contributed by atoms with van der Waals surface area (Å²) in [5, 5.41) is 61.5. The largest absolute Gasteiger partial charge is 0.481 e. The number of imide groups is 1. The summed E-state index contributed by atoms with van der Waals surface area (Å²) in [5.74, 6) is 0.0207. The number of hydrogen-bond acceptors (Lipinski definition) is 19. The first-order valence-corrected chi connectivity index (χ1v) is 19.6. The molecule has 12 N–H and O–H groups in total. The number of phosphoric acid groups is 2. The van der Waals surface area contributed by atoms with Gasteiger partial charge < -0.3 is 51.1 Å². The second-order valence-corrected chi connectivity index (χ2v) is 16.8. The van der Waals surface area contributed by atoms with E-state index < -0.39 is 95.9 Å². The number of amides is 3. The van der Waals surface area contributed by atoms with Crippen LogP contribution in [0, 0.1) is 11.8 Å². The van der Waals surface area contributed by atoms with Crippen LogP contribution in [0.25, 0.3) is 11.2 Å². The van der Waals surface area contributed by atoms with Gasteiger partial charge in [0.05, 0.1) is 25.6 Å². The second kappa shape index (κ2) is 17.0. The number of ether oxygens (including phenoxy) is 1. The summed E-state index contributed by atoms with van der Waals surface area (Å²) in [5.41, 5.74) is 6.10. The van der Waals surface area contributed by atoms with Crippen molar-refractivity contribution < 1.29 is 72.1 Å². The van der Waals surface area contributed by atoms with Gasteiger partial charge in [-0.05, 0) is 24.7 Å². The predicted molar refractivity (Wildman–Crippen MR) is 181 cm³/mol. The van der Waals surface area contributed by atoms with E-state index in [0.717, 1.165) is 6.33 Å². The summed E-state index contributed by atoms with van der Waals surface area (Å²) in [7, 11) is -11.0. The van der Waals surface area contributed by atoms with Gasteiger partial charge in [0, 0.05) is 48.2 Å². The van der Waals surface area contributed by atoms with E-state index in [1.807, 2.05) is 0 Å². The standard InChI is InChI=1S/C27H43N9O15P2.Na/c1-10-3-12-13(4-11(10)2)35(24-18(32-12)25(42)34-27(43)33-24)5-14(37)19(39)15(38)6-48-52(44,45)51-53(46,47)49-7-16-20(40)21(41)26(50-16)36-9-31-17-22(28)29-8-30-23(17)36;/h8-16,18-21,24,26,32,37-41H,3-7H2,1-2H3,(H,44,45)(H,46,47)(H2,28,29,30)(H2,33,34,42,43);/t10?,11?,12?,13?,14-,15+,16+,18?,19-,20+,21+,24?,26+;/m0./s1. The number of aromatic nitrogens is 4. The topological polar surface area (TPSA) is 356 Å². The van der Waals surface area contributed by atoms with Crippen LogP contribution >= 0.6 is 15.6 Å². The van der Waals surface area contributed by atoms with Gasteiger partial charge >= 0.3 is 21.7 Å². The van der Waals surface area contributed by atoms with Crippen LogP contribution in [0.5, 0.6) is 0 Å².